The van der Waals surface area contributed by atoms with Crippen LogP contribution in [-0.2, 0) is 6.42 Å². The van der Waals surface area contributed by atoms with Crippen LogP contribution in [0.5, 0.6) is 0 Å². The van der Waals surface area contributed by atoms with Crippen LogP contribution < -0.4 is 5.63 Å². The summed E-state index contributed by atoms with van der Waals surface area (Å²) >= 11 is 0. The van der Waals surface area contributed by atoms with Crippen molar-refractivity contribution in [3.8, 4) is 0 Å². The predicted octanol–water partition coefficient (Wildman–Crippen LogP) is 3.95. The maximum absolute atomic E-state index is 11.2. The highest BCUT2D eigenvalue weighted by molar-refractivity contribution is 5.15. The summed E-state index contributed by atoms with van der Waals surface area (Å²) in [6.07, 6.45) is 6.40. The maximum atomic E-state index is 11.2. The van der Waals surface area contributed by atoms with Gasteiger partial charge in [-0.05, 0) is 43.2 Å². The van der Waals surface area contributed by atoms with E-state index in [0.717, 1.165) is 17.9 Å². The number of hydrogen-bond acceptors (Lipinski definition) is 2. The normalized spacial score (nSPS) is 14.6. The smallest absolute Gasteiger partial charge is 0.338 e. The molecule has 0 aliphatic rings. The van der Waals surface area contributed by atoms with E-state index in [9.17, 15) is 4.79 Å². The topological polar surface area (TPSA) is 30.2 Å². The molecule has 1 aromatic heterocycles. The van der Waals surface area contributed by atoms with E-state index in [1.54, 1.807) is 13.2 Å². The van der Waals surface area contributed by atoms with Gasteiger partial charge in [0.25, 0.3) is 0 Å². The van der Waals surface area contributed by atoms with Gasteiger partial charge in [0.2, 0.25) is 0 Å². The van der Waals surface area contributed by atoms with Crippen molar-refractivity contribution in [1.29, 1.82) is 0 Å². The summed E-state index contributed by atoms with van der Waals surface area (Å²) in [5, 5.41) is 0. The third kappa shape index (κ3) is 4.76. The zero-order chi connectivity index (χ0) is 12.8. The Balaban J connectivity index is 2.52. The van der Waals surface area contributed by atoms with Gasteiger partial charge in [-0.25, -0.2) is 4.79 Å². The molecular formula is C15H24O2. The molecule has 1 aromatic rings. The van der Waals surface area contributed by atoms with Crippen molar-refractivity contribution in [1.82, 2.24) is 0 Å². The Morgan fingerprint density at radius 1 is 1.29 bits per heavy atom. The summed E-state index contributed by atoms with van der Waals surface area (Å²) in [5.74, 6) is 1.43. The molecule has 0 aliphatic heterocycles. The largest absolute Gasteiger partial charge is 0.431 e. The Morgan fingerprint density at radius 3 is 2.59 bits per heavy atom. The molecule has 2 heteroatoms. The molecule has 2 atom stereocenters. The van der Waals surface area contributed by atoms with E-state index in [1.807, 2.05) is 6.07 Å². The van der Waals surface area contributed by atoms with Crippen LogP contribution in [0.4, 0.5) is 0 Å². The lowest BCUT2D eigenvalue weighted by atomic mass is 9.90. The molecule has 0 saturated heterocycles. The first-order valence-corrected chi connectivity index (χ1v) is 6.61. The molecule has 0 aromatic carbocycles. The van der Waals surface area contributed by atoms with Crippen LogP contribution in [0.2, 0.25) is 0 Å². The molecule has 17 heavy (non-hydrogen) atoms. The summed E-state index contributed by atoms with van der Waals surface area (Å²) in [7, 11) is 0. The van der Waals surface area contributed by atoms with Gasteiger partial charge in [0, 0.05) is 5.56 Å². The number of rotatable bonds is 6. The fourth-order valence-corrected chi connectivity index (χ4v) is 2.48. The van der Waals surface area contributed by atoms with Gasteiger partial charge in [-0.1, -0.05) is 33.6 Å². The van der Waals surface area contributed by atoms with Gasteiger partial charge in [0.15, 0.2) is 0 Å². The first-order chi connectivity index (χ1) is 8.02. The van der Waals surface area contributed by atoms with Crippen LogP contribution >= 0.6 is 0 Å². The van der Waals surface area contributed by atoms with E-state index >= 15 is 0 Å². The summed E-state index contributed by atoms with van der Waals surface area (Å²) in [6, 6.07) is 1.95. The first kappa shape index (κ1) is 14.0. The second kappa shape index (κ2) is 6.63. The van der Waals surface area contributed by atoms with Crippen molar-refractivity contribution in [2.24, 2.45) is 11.8 Å². The van der Waals surface area contributed by atoms with Gasteiger partial charge in [-0.2, -0.15) is 0 Å². The second-order valence-corrected chi connectivity index (χ2v) is 5.36. The molecule has 0 saturated carbocycles. The quantitative estimate of drug-likeness (QED) is 0.748. The van der Waals surface area contributed by atoms with Crippen LogP contribution in [0.15, 0.2) is 21.5 Å². The van der Waals surface area contributed by atoms with E-state index in [4.69, 9.17) is 4.42 Å². The van der Waals surface area contributed by atoms with E-state index in [1.165, 1.54) is 19.3 Å². The van der Waals surface area contributed by atoms with Gasteiger partial charge in [0.05, 0.1) is 6.26 Å². The summed E-state index contributed by atoms with van der Waals surface area (Å²) in [6.45, 7) is 8.62. The number of hydrogen-bond donors (Lipinski definition) is 0. The third-order valence-corrected chi connectivity index (χ3v) is 3.21. The third-order valence-electron chi connectivity index (χ3n) is 3.21. The summed E-state index contributed by atoms with van der Waals surface area (Å²) < 4.78 is 4.99. The van der Waals surface area contributed by atoms with E-state index in [0.29, 0.717) is 11.5 Å². The highest BCUT2D eigenvalue weighted by atomic mass is 16.4. The molecule has 0 N–H and O–H groups in total. The zero-order valence-corrected chi connectivity index (χ0v) is 11.5. The summed E-state index contributed by atoms with van der Waals surface area (Å²) in [4.78, 5) is 11.2. The molecule has 0 unspecified atom stereocenters. The molecule has 0 radical (unpaired) electrons. The molecule has 0 spiro atoms. The molecule has 0 amide bonds. The van der Waals surface area contributed by atoms with Crippen LogP contribution in [0.25, 0.3) is 0 Å². The van der Waals surface area contributed by atoms with Crippen LogP contribution in [0, 0.1) is 18.8 Å². The zero-order valence-electron chi connectivity index (χ0n) is 11.5. The molecule has 0 bridgehead atoms. The van der Waals surface area contributed by atoms with Crippen molar-refractivity contribution in [2.45, 2.75) is 53.4 Å². The van der Waals surface area contributed by atoms with Gasteiger partial charge in [-0.3, -0.25) is 0 Å². The Labute approximate surface area is 104 Å². The Bertz CT molecular complexity index is 392. The lowest BCUT2D eigenvalue weighted by molar-refractivity contribution is 0.386. The SMILES string of the molecule is CCC[C@H](C)C[C@H](C)Cc1coc(=O)c(C)c1. The molecule has 1 heterocycles. The average Bonchev–Trinajstić information content (AvgIpc) is 2.23. The second-order valence-electron chi connectivity index (χ2n) is 5.36. The van der Waals surface area contributed by atoms with E-state index < -0.39 is 0 Å². The van der Waals surface area contributed by atoms with Gasteiger partial charge in [-0.15, -0.1) is 0 Å². The minimum absolute atomic E-state index is 0.222. The van der Waals surface area contributed by atoms with Crippen LogP contribution in [-0.4, -0.2) is 0 Å². The predicted molar refractivity (Wildman–Crippen MR) is 71.3 cm³/mol. The Kier molecular flexibility index (Phi) is 5.46. The Morgan fingerprint density at radius 2 is 2.00 bits per heavy atom. The molecule has 2 nitrogen and oxygen atoms in total. The van der Waals surface area contributed by atoms with Crippen molar-refractivity contribution < 1.29 is 4.42 Å². The molecule has 0 fully saturated rings. The van der Waals surface area contributed by atoms with Crippen molar-refractivity contribution in [2.75, 3.05) is 0 Å². The van der Waals surface area contributed by atoms with Gasteiger partial charge in [0.1, 0.15) is 0 Å². The van der Waals surface area contributed by atoms with Crippen molar-refractivity contribution in [3.05, 3.63) is 33.9 Å². The highest BCUT2D eigenvalue weighted by Gasteiger charge is 2.10. The Hall–Kier alpha value is -1.05. The van der Waals surface area contributed by atoms with Gasteiger partial charge < -0.3 is 4.42 Å². The maximum Gasteiger partial charge on any atom is 0.338 e. The van der Waals surface area contributed by atoms with Crippen LogP contribution in [0.1, 0.15) is 51.2 Å². The fraction of sp³-hybridized carbons (Fsp3) is 0.667. The van der Waals surface area contributed by atoms with Crippen LogP contribution in [0.3, 0.4) is 0 Å². The van der Waals surface area contributed by atoms with Gasteiger partial charge >= 0.3 is 5.63 Å². The summed E-state index contributed by atoms with van der Waals surface area (Å²) in [5.41, 5.74) is 1.62. The monoisotopic (exact) mass is 236 g/mol. The molecule has 96 valence electrons. The fourth-order valence-electron chi connectivity index (χ4n) is 2.48. The number of aryl methyl sites for hydroxylation is 1. The van der Waals surface area contributed by atoms with E-state index in [2.05, 4.69) is 20.8 Å². The highest BCUT2D eigenvalue weighted by Crippen LogP contribution is 2.20. The average molecular weight is 236 g/mol. The minimum atomic E-state index is -0.222. The van der Waals surface area contributed by atoms with Crippen molar-refractivity contribution >= 4 is 0 Å². The van der Waals surface area contributed by atoms with E-state index in [-0.39, 0.29) is 5.63 Å². The van der Waals surface area contributed by atoms with Crippen molar-refractivity contribution in [3.63, 3.8) is 0 Å². The lowest BCUT2D eigenvalue weighted by Gasteiger charge is -2.16. The molecule has 1 rings (SSSR count). The standard InChI is InChI=1S/C15H24O2/c1-5-6-11(2)7-12(3)8-14-9-13(4)15(16)17-10-14/h9-12H,5-8H2,1-4H3/t11-,12-/m0/s1. The molecule has 0 aliphatic carbocycles. The minimum Gasteiger partial charge on any atom is -0.431 e. The lowest BCUT2D eigenvalue weighted by Crippen LogP contribution is -2.08. The molecular weight excluding hydrogens is 212 g/mol. The first-order valence-electron chi connectivity index (χ1n) is 6.61.